The monoisotopic (exact) mass is 577 g/mol. The highest BCUT2D eigenvalue weighted by Gasteiger charge is 2.20. The lowest BCUT2D eigenvalue weighted by molar-refractivity contribution is -0.120. The van der Waals surface area contributed by atoms with E-state index in [0.717, 1.165) is 89.4 Å². The van der Waals surface area contributed by atoms with Crippen LogP contribution in [0.1, 0.15) is 78.1 Å². The maximum Gasteiger partial charge on any atom is 0.220 e. The maximum absolute atomic E-state index is 12.2. The Bertz CT molecular complexity index is 1880. The van der Waals surface area contributed by atoms with Gasteiger partial charge in [-0.1, -0.05) is 25.3 Å². The summed E-state index contributed by atoms with van der Waals surface area (Å²) < 4.78 is 0. The molecule has 3 aromatic heterocycles. The van der Waals surface area contributed by atoms with Crippen LogP contribution in [0.3, 0.4) is 0 Å². The van der Waals surface area contributed by atoms with Crippen LogP contribution < -0.4 is 5.32 Å². The van der Waals surface area contributed by atoms with Crippen molar-refractivity contribution in [2.24, 2.45) is 0 Å². The molecule has 0 unspecified atom stereocenters. The van der Waals surface area contributed by atoms with Crippen molar-refractivity contribution in [3.63, 3.8) is 0 Å². The summed E-state index contributed by atoms with van der Waals surface area (Å²) >= 11 is 0. The molecular weight excluding hydrogens is 538 g/mol. The number of aliphatic hydroxyl groups is 2. The molecule has 0 fully saturated rings. The molecule has 8 nitrogen and oxygen atoms in total. The van der Waals surface area contributed by atoms with Crippen LogP contribution in [0.15, 0.2) is 43.5 Å². The molecule has 0 saturated heterocycles. The molecule has 0 radical (unpaired) electrons. The predicted octanol–water partition coefficient (Wildman–Crippen LogP) is 6.39. The number of fused-ring (bicyclic) bond motifs is 8. The molecule has 222 valence electrons. The zero-order valence-electron chi connectivity index (χ0n) is 25.5. The van der Waals surface area contributed by atoms with Crippen LogP contribution in [0.25, 0.3) is 50.4 Å². The third-order valence-corrected chi connectivity index (χ3v) is 8.58. The van der Waals surface area contributed by atoms with Crippen LogP contribution in [0, 0.1) is 13.8 Å². The van der Waals surface area contributed by atoms with Crippen molar-refractivity contribution < 1.29 is 15.0 Å². The number of aromatic nitrogens is 4. The number of aryl methyl sites for hydroxylation is 3. The summed E-state index contributed by atoms with van der Waals surface area (Å²) in [5.41, 5.74) is 14.8. The van der Waals surface area contributed by atoms with Crippen molar-refractivity contribution in [1.82, 2.24) is 25.3 Å². The fraction of sp³-hybridized carbons (Fsp3) is 0.286. The SMILES string of the molecule is C=CC1=C(C)c2cc3[nH]c(cc4nc(cc5[nH]c(cc1n2)c(C)c5CCC(=O)NC)C(CCC(O)O)=C4C)c(C)c3C=C. The summed E-state index contributed by atoms with van der Waals surface area (Å²) in [5, 5.41) is 22.1. The molecule has 8 bridgehead atoms. The lowest BCUT2D eigenvalue weighted by Gasteiger charge is -2.06. The van der Waals surface area contributed by atoms with Gasteiger partial charge < -0.3 is 25.5 Å². The van der Waals surface area contributed by atoms with Crippen molar-refractivity contribution in [3.05, 3.63) is 88.5 Å². The minimum absolute atomic E-state index is 0.0332. The topological polar surface area (TPSA) is 127 Å². The van der Waals surface area contributed by atoms with E-state index >= 15 is 0 Å². The van der Waals surface area contributed by atoms with Crippen LogP contribution >= 0.6 is 0 Å². The van der Waals surface area contributed by atoms with Crippen LogP contribution in [-0.2, 0) is 11.2 Å². The highest BCUT2D eigenvalue weighted by molar-refractivity contribution is 5.98. The van der Waals surface area contributed by atoms with Gasteiger partial charge in [0.2, 0.25) is 5.91 Å². The normalized spacial score (nSPS) is 13.2. The molecule has 1 amide bonds. The standard InChI is InChI=1S/C35H39N5O3/c1-8-22-18(3)26-14-27-21(6)25(11-13-35(42)43)33(39-27)17-32-24(10-12-34(41)36-7)20(5)29(40-32)16-31-23(9-2)19(4)28(38-31)15-30(22)37-26/h8-9,14-17,35,37,40,42-43H,1-2,10-13H2,3-7H3,(H,36,41). The fourth-order valence-electron chi connectivity index (χ4n) is 5.94. The van der Waals surface area contributed by atoms with E-state index in [-0.39, 0.29) is 12.3 Å². The Kier molecular flexibility index (Phi) is 8.35. The molecule has 5 N–H and O–H groups in total. The number of hydrogen-bond acceptors (Lipinski definition) is 5. The van der Waals surface area contributed by atoms with Crippen molar-refractivity contribution in [1.29, 1.82) is 0 Å². The first-order valence-corrected chi connectivity index (χ1v) is 14.5. The summed E-state index contributed by atoms with van der Waals surface area (Å²) in [5.74, 6) is -0.0332. The van der Waals surface area contributed by atoms with Crippen LogP contribution in [-0.4, -0.2) is 49.4 Å². The predicted molar refractivity (Wildman–Crippen MR) is 176 cm³/mol. The lowest BCUT2D eigenvalue weighted by atomic mass is 10.00. The van der Waals surface area contributed by atoms with Gasteiger partial charge in [-0.2, -0.15) is 0 Å². The Balaban J connectivity index is 1.92. The summed E-state index contributed by atoms with van der Waals surface area (Å²) in [6, 6.07) is 8.13. The number of carbonyl (C=O) groups excluding carboxylic acids is 1. The summed E-state index contributed by atoms with van der Waals surface area (Å²) in [6.45, 7) is 16.3. The number of aliphatic hydroxyl groups excluding tert-OH is 1. The first-order valence-electron chi connectivity index (χ1n) is 14.5. The van der Waals surface area contributed by atoms with Gasteiger partial charge in [0.05, 0.1) is 22.8 Å². The van der Waals surface area contributed by atoms with E-state index in [2.05, 4.69) is 49.2 Å². The van der Waals surface area contributed by atoms with Crippen LogP contribution in [0.4, 0.5) is 0 Å². The second kappa shape index (κ2) is 12.0. The largest absolute Gasteiger partial charge is 0.368 e. The lowest BCUT2D eigenvalue weighted by Crippen LogP contribution is -2.18. The first kappa shape index (κ1) is 29.9. The molecular formula is C35H39N5O3. The second-order valence-corrected chi connectivity index (χ2v) is 11.1. The average Bonchev–Trinajstić information content (AvgIpc) is 3.63. The minimum Gasteiger partial charge on any atom is -0.368 e. The molecule has 0 atom stereocenters. The molecule has 3 aromatic rings. The number of aromatic amines is 2. The van der Waals surface area contributed by atoms with E-state index in [0.29, 0.717) is 19.3 Å². The third kappa shape index (κ3) is 5.63. The second-order valence-electron chi connectivity index (χ2n) is 11.1. The van der Waals surface area contributed by atoms with Gasteiger partial charge in [0.15, 0.2) is 6.29 Å². The fourth-order valence-corrected chi connectivity index (χ4v) is 5.94. The van der Waals surface area contributed by atoms with Gasteiger partial charge in [-0.3, -0.25) is 4.79 Å². The number of nitrogens with one attached hydrogen (secondary N) is 3. The average molecular weight is 578 g/mol. The van der Waals surface area contributed by atoms with E-state index in [4.69, 9.17) is 9.97 Å². The molecule has 2 aliphatic rings. The number of H-pyrrole nitrogens is 2. The van der Waals surface area contributed by atoms with E-state index in [9.17, 15) is 15.0 Å². The van der Waals surface area contributed by atoms with Gasteiger partial charge in [-0.25, -0.2) is 9.97 Å². The molecule has 0 spiro atoms. The number of hydrogen-bond donors (Lipinski definition) is 5. The van der Waals surface area contributed by atoms with Crippen molar-refractivity contribution in [3.8, 4) is 0 Å². The van der Waals surface area contributed by atoms with Gasteiger partial charge in [-0.05, 0) is 98.2 Å². The van der Waals surface area contributed by atoms with E-state index in [1.54, 1.807) is 7.05 Å². The van der Waals surface area contributed by atoms with Gasteiger partial charge in [0, 0.05) is 53.1 Å². The summed E-state index contributed by atoms with van der Waals surface area (Å²) in [4.78, 5) is 29.5. The summed E-state index contributed by atoms with van der Waals surface area (Å²) in [6.07, 6.45) is 3.79. The number of allylic oxidation sites excluding steroid dienone is 5. The highest BCUT2D eigenvalue weighted by atomic mass is 16.5. The van der Waals surface area contributed by atoms with Gasteiger partial charge in [0.1, 0.15) is 0 Å². The van der Waals surface area contributed by atoms with Crippen molar-refractivity contribution in [2.75, 3.05) is 7.05 Å². The van der Waals surface area contributed by atoms with Crippen molar-refractivity contribution >= 4 is 56.3 Å². The zero-order chi connectivity index (χ0) is 31.0. The number of amides is 1. The van der Waals surface area contributed by atoms with Crippen LogP contribution in [0.2, 0.25) is 0 Å². The number of rotatable bonds is 8. The Labute approximate surface area is 251 Å². The van der Waals surface area contributed by atoms with E-state index < -0.39 is 6.29 Å². The molecule has 43 heavy (non-hydrogen) atoms. The van der Waals surface area contributed by atoms with Crippen LogP contribution in [0.5, 0.6) is 0 Å². The van der Waals surface area contributed by atoms with Gasteiger partial charge >= 0.3 is 0 Å². The molecule has 5 heterocycles. The Morgan fingerprint density at radius 3 is 2.12 bits per heavy atom. The Morgan fingerprint density at radius 2 is 1.44 bits per heavy atom. The zero-order valence-corrected chi connectivity index (χ0v) is 25.5. The number of carbonyl (C=O) groups is 1. The number of nitrogens with zero attached hydrogens (tertiary/aromatic N) is 2. The maximum atomic E-state index is 12.2. The van der Waals surface area contributed by atoms with E-state index in [1.165, 1.54) is 0 Å². The quantitative estimate of drug-likeness (QED) is 0.198. The molecule has 2 aliphatic heterocycles. The molecule has 5 rings (SSSR count). The van der Waals surface area contributed by atoms with E-state index in [1.807, 2.05) is 43.3 Å². The Morgan fingerprint density at radius 1 is 0.837 bits per heavy atom. The summed E-state index contributed by atoms with van der Waals surface area (Å²) in [7, 11) is 1.64. The van der Waals surface area contributed by atoms with Gasteiger partial charge in [0.25, 0.3) is 0 Å². The minimum atomic E-state index is -1.42. The van der Waals surface area contributed by atoms with Gasteiger partial charge in [-0.15, -0.1) is 0 Å². The molecule has 8 heteroatoms. The first-order chi connectivity index (χ1) is 20.6. The third-order valence-electron chi connectivity index (χ3n) is 8.58. The molecule has 0 aromatic carbocycles. The van der Waals surface area contributed by atoms with Crippen molar-refractivity contribution in [2.45, 2.75) is 59.7 Å². The molecule has 0 saturated carbocycles. The molecule has 0 aliphatic carbocycles. The Hall–Kier alpha value is -4.53. The highest BCUT2D eigenvalue weighted by Crippen LogP contribution is 2.36. The smallest absolute Gasteiger partial charge is 0.220 e.